The Hall–Kier alpha value is -9.64. The van der Waals surface area contributed by atoms with Crippen molar-refractivity contribution in [2.75, 3.05) is 0 Å². The predicted molar refractivity (Wildman–Crippen MR) is 348 cm³/mol. The van der Waals surface area contributed by atoms with Crippen LogP contribution >= 0.6 is 0 Å². The third-order valence-corrected chi connectivity index (χ3v) is 20.0. The van der Waals surface area contributed by atoms with Gasteiger partial charge in [-0.3, -0.25) is 19.2 Å². The lowest BCUT2D eigenvalue weighted by Gasteiger charge is -2.29. The third-order valence-electron chi connectivity index (χ3n) is 20.0. The van der Waals surface area contributed by atoms with Crippen LogP contribution in [0, 0.1) is 83.1 Å². The van der Waals surface area contributed by atoms with Gasteiger partial charge < -0.3 is 0 Å². The van der Waals surface area contributed by atoms with Gasteiger partial charge in [0.1, 0.15) is 0 Å². The van der Waals surface area contributed by atoms with Gasteiger partial charge in [-0.05, 0) is 261 Å². The average Bonchev–Trinajstić information content (AvgIpc) is 0.716. The average molecular weight is 1080 g/mol. The minimum Gasteiger partial charge on any atom is -0.289 e. The van der Waals surface area contributed by atoms with Crippen LogP contribution in [-0.2, 0) is 0 Å². The van der Waals surface area contributed by atoms with Crippen LogP contribution in [0.1, 0.15) is 130 Å². The second kappa shape index (κ2) is 16.1. The Morgan fingerprint density at radius 3 is 0.667 bits per heavy atom. The van der Waals surface area contributed by atoms with E-state index in [1.807, 2.05) is 52.0 Å². The summed E-state index contributed by atoms with van der Waals surface area (Å²) in [4.78, 5) is 56.5. The molecule has 84 heavy (non-hydrogen) atoms. The Kier molecular flexibility index (Phi) is 9.41. The number of ketones is 4. The Labute approximate surface area is 486 Å². The normalized spacial score (nSPS) is 13.6. The largest absolute Gasteiger partial charge is 0.289 e. The van der Waals surface area contributed by atoms with E-state index in [0.717, 1.165) is 166 Å². The van der Waals surface area contributed by atoms with Gasteiger partial charge in [0.15, 0.2) is 23.1 Å². The Bertz CT molecular complexity index is 5160. The van der Waals surface area contributed by atoms with Gasteiger partial charge in [0.2, 0.25) is 0 Å². The Morgan fingerprint density at radius 1 is 0.179 bits per heavy atom. The van der Waals surface area contributed by atoms with E-state index in [0.29, 0.717) is 0 Å². The molecule has 0 fully saturated rings. The molecule has 0 atom stereocenters. The summed E-state index contributed by atoms with van der Waals surface area (Å²) in [6.07, 6.45) is 0. The van der Waals surface area contributed by atoms with Crippen LogP contribution in [0.4, 0.5) is 0 Å². The molecule has 0 aromatic heterocycles. The maximum absolute atomic E-state index is 14.1. The lowest BCUT2D eigenvalue weighted by atomic mass is 9.73. The first kappa shape index (κ1) is 49.0. The number of fused-ring (bicyclic) bond motifs is 12. The maximum Gasteiger partial charge on any atom is 0.194 e. The van der Waals surface area contributed by atoms with Crippen molar-refractivity contribution < 1.29 is 19.2 Å². The van der Waals surface area contributed by atoms with Gasteiger partial charge in [-0.15, -0.1) is 0 Å². The highest BCUT2D eigenvalue weighted by molar-refractivity contribution is 6.45. The third kappa shape index (κ3) is 5.88. The predicted octanol–water partition coefficient (Wildman–Crippen LogP) is 20.0. The highest BCUT2D eigenvalue weighted by atomic mass is 16.1. The summed E-state index contributed by atoms with van der Waals surface area (Å²) >= 11 is 0. The number of aryl methyl sites for hydroxylation is 12. The quantitative estimate of drug-likeness (QED) is 0.112. The van der Waals surface area contributed by atoms with Crippen molar-refractivity contribution >= 4 is 109 Å². The molecule has 0 heterocycles. The molecule has 400 valence electrons. The van der Waals surface area contributed by atoms with Crippen LogP contribution in [0.2, 0.25) is 0 Å². The molecule has 0 aliphatic heterocycles. The van der Waals surface area contributed by atoms with Crippen molar-refractivity contribution in [1.82, 2.24) is 0 Å². The van der Waals surface area contributed by atoms with Crippen LogP contribution in [-0.4, -0.2) is 23.1 Å². The minimum atomic E-state index is 0.112. The first-order chi connectivity index (χ1) is 40.3. The molecule has 0 spiro atoms. The molecule has 14 aromatic rings. The van der Waals surface area contributed by atoms with Crippen molar-refractivity contribution in [3.8, 4) is 44.5 Å². The van der Waals surface area contributed by atoms with E-state index in [4.69, 9.17) is 0 Å². The molecule has 0 saturated heterocycles. The molecule has 4 nitrogen and oxygen atoms in total. The van der Waals surface area contributed by atoms with Crippen molar-refractivity contribution in [3.63, 3.8) is 0 Å². The summed E-state index contributed by atoms with van der Waals surface area (Å²) < 4.78 is 0. The summed E-state index contributed by atoms with van der Waals surface area (Å²) in [7, 11) is 0. The molecular weight excluding hydrogens is 1020 g/mol. The summed E-state index contributed by atoms with van der Waals surface area (Å²) in [5, 5.41) is 18.4. The van der Waals surface area contributed by atoms with Crippen molar-refractivity contribution in [2.24, 2.45) is 0 Å². The molecular formula is C80H56O4. The molecule has 4 aliphatic rings. The van der Waals surface area contributed by atoms with E-state index in [9.17, 15) is 19.2 Å². The van der Waals surface area contributed by atoms with Crippen LogP contribution in [0.15, 0.2) is 121 Å². The van der Waals surface area contributed by atoms with Gasteiger partial charge in [-0.2, -0.15) is 0 Å². The Morgan fingerprint density at radius 2 is 0.405 bits per heavy atom. The molecule has 4 heteroatoms. The first-order valence-electron chi connectivity index (χ1n) is 29.4. The number of benzene rings is 14. The smallest absolute Gasteiger partial charge is 0.194 e. The Balaban J connectivity index is 0.000000132. The summed E-state index contributed by atoms with van der Waals surface area (Å²) in [5.41, 5.74) is 28.3. The van der Waals surface area contributed by atoms with Crippen molar-refractivity contribution in [2.45, 2.75) is 83.1 Å². The molecule has 18 rings (SSSR count). The van der Waals surface area contributed by atoms with Gasteiger partial charge in [0.05, 0.1) is 0 Å². The minimum absolute atomic E-state index is 0.112. The van der Waals surface area contributed by atoms with E-state index in [1.54, 1.807) is 0 Å². The number of rotatable bonds is 0. The van der Waals surface area contributed by atoms with Crippen LogP contribution in [0.5, 0.6) is 0 Å². The fourth-order valence-corrected chi connectivity index (χ4v) is 16.7. The number of carbonyl (C=O) groups excluding carboxylic acids is 4. The van der Waals surface area contributed by atoms with Gasteiger partial charge in [0, 0.05) is 66.1 Å². The molecule has 0 amide bonds. The van der Waals surface area contributed by atoms with Crippen molar-refractivity contribution in [3.05, 3.63) is 233 Å². The molecule has 4 aliphatic carbocycles. The fourth-order valence-electron chi connectivity index (χ4n) is 16.7. The number of hydrogen-bond acceptors (Lipinski definition) is 4. The maximum atomic E-state index is 14.1. The van der Waals surface area contributed by atoms with Crippen LogP contribution in [0.3, 0.4) is 0 Å². The SMILES string of the molecule is Cc1ccc2c(c1)C(=O)c1c(C)cc3c4c(C)cc5c6c(c(C)cc(c7c(C)cc-2c1c37)c64)C(=O)c1cc(C)ccc1-5.Cc1ccc2c(c1)C(=O)c1c(C)cc3c4cc(C)c5c6c(cc(C)c(c7c(C)cc-2c1c37)c64)-c1ccc(C)cc1C5=O. The molecule has 0 bridgehead atoms. The zero-order valence-corrected chi connectivity index (χ0v) is 49.2. The van der Waals surface area contributed by atoms with Crippen LogP contribution < -0.4 is 0 Å². The monoisotopic (exact) mass is 1080 g/mol. The zero-order valence-electron chi connectivity index (χ0n) is 49.2. The molecule has 0 unspecified atom stereocenters. The molecule has 0 saturated carbocycles. The lowest BCUT2D eigenvalue weighted by Crippen LogP contribution is -2.14. The summed E-state index contributed by atoms with van der Waals surface area (Å²) in [6, 6.07) is 43.1. The van der Waals surface area contributed by atoms with Crippen molar-refractivity contribution in [1.29, 1.82) is 0 Å². The number of carbonyl (C=O) groups is 4. The van der Waals surface area contributed by atoms with Gasteiger partial charge in [-0.1, -0.05) is 119 Å². The van der Waals surface area contributed by atoms with E-state index in [2.05, 4.69) is 152 Å². The molecule has 0 radical (unpaired) electrons. The van der Waals surface area contributed by atoms with Gasteiger partial charge >= 0.3 is 0 Å². The highest BCUT2D eigenvalue weighted by Gasteiger charge is 2.37. The van der Waals surface area contributed by atoms with Gasteiger partial charge in [-0.25, -0.2) is 0 Å². The molecule has 0 N–H and O–H groups in total. The second-order valence-corrected chi connectivity index (χ2v) is 25.4. The summed E-state index contributed by atoms with van der Waals surface area (Å²) in [6.45, 7) is 25.3. The molecule has 14 aromatic carbocycles. The van der Waals surface area contributed by atoms with Crippen LogP contribution in [0.25, 0.3) is 131 Å². The second-order valence-electron chi connectivity index (χ2n) is 25.4. The topological polar surface area (TPSA) is 68.3 Å². The fraction of sp³-hybridized carbons (Fsp3) is 0.150. The van der Waals surface area contributed by atoms with E-state index in [1.165, 1.54) is 76.1 Å². The highest BCUT2D eigenvalue weighted by Crippen LogP contribution is 2.56. The lowest BCUT2D eigenvalue weighted by molar-refractivity contribution is 0.103. The zero-order chi connectivity index (χ0) is 57.9. The summed E-state index contributed by atoms with van der Waals surface area (Å²) in [5.74, 6) is 0.450. The van der Waals surface area contributed by atoms with Gasteiger partial charge in [0.25, 0.3) is 0 Å². The number of hydrogen-bond donors (Lipinski definition) is 0. The van der Waals surface area contributed by atoms with E-state index in [-0.39, 0.29) is 23.1 Å². The standard InChI is InChI=1S/2C40H28O2/c1-17-7-9-23-25-13-19(3)31-32-20(4)14-26-24-10-8-18(2)12-30(24)40(42)34-22(6)16-28(36(32)38(26)34)27-15-21(5)33(37(25)35(27)31)39(41)29(23)11-17;1-17-7-9-23-25-13-19(3)31-30-16-22(6)34-36-26(24-10-8-18(2)12-28(24)40(34)42)14-20(4)32(38(30)36)29-15-21(5)33(35(25)37(29)31)39(41)27(23)11-17/h2*7-16H,1-6H3. The van der Waals surface area contributed by atoms with E-state index < -0.39 is 0 Å². The van der Waals surface area contributed by atoms with E-state index >= 15 is 0 Å². The first-order valence-corrected chi connectivity index (χ1v) is 29.4.